The third kappa shape index (κ3) is 2.11. The first-order chi connectivity index (χ1) is 10.9. The Hall–Kier alpha value is -1.84. The van der Waals surface area contributed by atoms with Crippen LogP contribution in [0.25, 0.3) is 0 Å². The van der Waals surface area contributed by atoms with Gasteiger partial charge in [0.1, 0.15) is 5.84 Å². The second-order valence-corrected chi connectivity index (χ2v) is 7.55. The lowest BCUT2D eigenvalue weighted by Gasteiger charge is -2.43. The minimum atomic E-state index is -1.20. The van der Waals surface area contributed by atoms with Gasteiger partial charge in [-0.05, 0) is 12.1 Å². The molecule has 4 rings (SSSR count). The minimum Gasteiger partial charge on any atom is -0.363 e. The molecule has 0 saturated heterocycles. The summed E-state index contributed by atoms with van der Waals surface area (Å²) in [7, 11) is 0. The standard InChI is InChI=1S/C19H19ClN2O/c1-18(2)11-21-17-15-5-3-4-6-16(15)19(23,22(17)12-18)13-7-9-14(20)10-8-13/h3-10,23H,11-12H2,1-2H3. The van der Waals surface area contributed by atoms with E-state index in [0.29, 0.717) is 5.02 Å². The number of hydrogen-bond donors (Lipinski definition) is 1. The van der Waals surface area contributed by atoms with E-state index in [1.165, 1.54) is 0 Å². The van der Waals surface area contributed by atoms with E-state index in [2.05, 4.69) is 13.8 Å². The lowest BCUT2D eigenvalue weighted by molar-refractivity contribution is -0.0471. The first-order valence-electron chi connectivity index (χ1n) is 7.82. The molecule has 2 aromatic rings. The van der Waals surface area contributed by atoms with Crippen LogP contribution in [-0.2, 0) is 5.72 Å². The minimum absolute atomic E-state index is 0.0198. The van der Waals surface area contributed by atoms with E-state index >= 15 is 0 Å². The molecular weight excluding hydrogens is 308 g/mol. The number of hydrogen-bond acceptors (Lipinski definition) is 3. The molecule has 118 valence electrons. The van der Waals surface area contributed by atoms with Crippen LogP contribution in [0.5, 0.6) is 0 Å². The van der Waals surface area contributed by atoms with Gasteiger partial charge in [-0.3, -0.25) is 4.99 Å². The van der Waals surface area contributed by atoms with Crippen LogP contribution in [0.1, 0.15) is 30.5 Å². The van der Waals surface area contributed by atoms with Crippen LogP contribution in [0.4, 0.5) is 0 Å². The van der Waals surface area contributed by atoms with Crippen LogP contribution >= 0.6 is 11.6 Å². The number of fused-ring (bicyclic) bond motifs is 3. The van der Waals surface area contributed by atoms with Crippen molar-refractivity contribution in [2.45, 2.75) is 19.6 Å². The molecule has 0 radical (unpaired) electrons. The van der Waals surface area contributed by atoms with Gasteiger partial charge in [-0.1, -0.05) is 61.8 Å². The van der Waals surface area contributed by atoms with Crippen molar-refractivity contribution in [1.29, 1.82) is 0 Å². The molecule has 0 aliphatic carbocycles. The number of benzene rings is 2. The van der Waals surface area contributed by atoms with E-state index in [9.17, 15) is 5.11 Å². The van der Waals surface area contributed by atoms with Gasteiger partial charge in [0.25, 0.3) is 0 Å². The third-order valence-corrected chi connectivity index (χ3v) is 4.93. The third-order valence-electron chi connectivity index (χ3n) is 4.68. The Balaban J connectivity index is 1.95. The molecule has 23 heavy (non-hydrogen) atoms. The average molecular weight is 327 g/mol. The molecule has 1 unspecified atom stereocenters. The molecule has 2 aromatic carbocycles. The van der Waals surface area contributed by atoms with Gasteiger partial charge in [0, 0.05) is 40.2 Å². The number of amidine groups is 1. The largest absolute Gasteiger partial charge is 0.363 e. The molecule has 0 bridgehead atoms. The monoisotopic (exact) mass is 326 g/mol. The molecular formula is C19H19ClN2O. The number of aliphatic hydroxyl groups is 1. The highest BCUT2D eigenvalue weighted by Crippen LogP contribution is 2.45. The van der Waals surface area contributed by atoms with Gasteiger partial charge in [-0.2, -0.15) is 0 Å². The molecule has 1 N–H and O–H groups in total. The number of rotatable bonds is 1. The van der Waals surface area contributed by atoms with Crippen molar-refractivity contribution >= 4 is 17.4 Å². The van der Waals surface area contributed by atoms with Crippen LogP contribution < -0.4 is 0 Å². The Kier molecular flexibility index (Phi) is 3.09. The van der Waals surface area contributed by atoms with Gasteiger partial charge >= 0.3 is 0 Å². The van der Waals surface area contributed by atoms with Gasteiger partial charge in [0.2, 0.25) is 0 Å². The summed E-state index contributed by atoms with van der Waals surface area (Å²) >= 11 is 6.03. The summed E-state index contributed by atoms with van der Waals surface area (Å²) in [4.78, 5) is 6.81. The molecule has 2 aliphatic rings. The predicted octanol–water partition coefficient (Wildman–Crippen LogP) is 3.64. The Morgan fingerprint density at radius 1 is 1.09 bits per heavy atom. The zero-order valence-electron chi connectivity index (χ0n) is 13.3. The zero-order chi connectivity index (χ0) is 16.2. The number of halogens is 1. The summed E-state index contributed by atoms with van der Waals surface area (Å²) in [6.07, 6.45) is 0. The summed E-state index contributed by atoms with van der Waals surface area (Å²) in [5, 5.41) is 12.4. The molecule has 3 nitrogen and oxygen atoms in total. The normalized spacial score (nSPS) is 24.9. The molecule has 0 saturated carbocycles. The lowest BCUT2D eigenvalue weighted by atomic mass is 9.89. The summed E-state index contributed by atoms with van der Waals surface area (Å²) in [6, 6.07) is 15.4. The SMILES string of the molecule is CC1(C)CN=C2c3ccccc3C(O)(c3ccc(Cl)cc3)N2C1. The van der Waals surface area contributed by atoms with Crippen molar-refractivity contribution in [1.82, 2.24) is 4.90 Å². The fraction of sp³-hybridized carbons (Fsp3) is 0.316. The molecule has 0 fully saturated rings. The molecule has 0 spiro atoms. The predicted molar refractivity (Wildman–Crippen MR) is 92.8 cm³/mol. The fourth-order valence-corrected chi connectivity index (χ4v) is 3.67. The van der Waals surface area contributed by atoms with Gasteiger partial charge in [-0.25, -0.2) is 0 Å². The zero-order valence-corrected chi connectivity index (χ0v) is 14.0. The van der Waals surface area contributed by atoms with Crippen LogP contribution in [0.3, 0.4) is 0 Å². The van der Waals surface area contributed by atoms with Crippen LogP contribution in [0.2, 0.25) is 5.02 Å². The smallest absolute Gasteiger partial charge is 0.193 e. The average Bonchev–Trinajstić information content (AvgIpc) is 2.77. The van der Waals surface area contributed by atoms with Gasteiger partial charge in [0.15, 0.2) is 5.72 Å². The summed E-state index contributed by atoms with van der Waals surface area (Å²) in [5.74, 6) is 0.886. The number of nitrogens with zero attached hydrogens (tertiary/aromatic N) is 2. The molecule has 2 aliphatic heterocycles. The number of aliphatic imine (C=N–C) groups is 1. The topological polar surface area (TPSA) is 35.8 Å². The van der Waals surface area contributed by atoms with Crippen molar-refractivity contribution in [3.8, 4) is 0 Å². The molecule has 4 heteroatoms. The molecule has 2 heterocycles. The van der Waals surface area contributed by atoms with Crippen LogP contribution in [0, 0.1) is 5.41 Å². The van der Waals surface area contributed by atoms with Crippen molar-refractivity contribution in [3.05, 3.63) is 70.2 Å². The maximum Gasteiger partial charge on any atom is 0.193 e. The van der Waals surface area contributed by atoms with Crippen LogP contribution in [-0.4, -0.2) is 28.9 Å². The van der Waals surface area contributed by atoms with Crippen molar-refractivity contribution < 1.29 is 5.11 Å². The fourth-order valence-electron chi connectivity index (χ4n) is 3.55. The summed E-state index contributed by atoms with van der Waals surface area (Å²) < 4.78 is 0. The highest BCUT2D eigenvalue weighted by atomic mass is 35.5. The molecule has 0 amide bonds. The van der Waals surface area contributed by atoms with E-state index in [0.717, 1.165) is 35.6 Å². The van der Waals surface area contributed by atoms with E-state index in [4.69, 9.17) is 16.6 Å². The van der Waals surface area contributed by atoms with Crippen LogP contribution in [0.15, 0.2) is 53.5 Å². The summed E-state index contributed by atoms with van der Waals surface area (Å²) in [5.41, 5.74) is 1.54. The first kappa shape index (κ1) is 14.7. The molecule has 1 atom stereocenters. The molecule has 0 aromatic heterocycles. The van der Waals surface area contributed by atoms with Crippen molar-refractivity contribution in [3.63, 3.8) is 0 Å². The maximum atomic E-state index is 11.7. The Labute approximate surface area is 141 Å². The quantitative estimate of drug-likeness (QED) is 0.868. The second kappa shape index (κ2) is 4.83. The Morgan fingerprint density at radius 2 is 1.78 bits per heavy atom. The lowest BCUT2D eigenvalue weighted by Crippen LogP contribution is -2.52. The van der Waals surface area contributed by atoms with E-state index in [-0.39, 0.29) is 5.41 Å². The Morgan fingerprint density at radius 3 is 2.52 bits per heavy atom. The second-order valence-electron chi connectivity index (χ2n) is 7.11. The highest BCUT2D eigenvalue weighted by molar-refractivity contribution is 6.30. The van der Waals surface area contributed by atoms with Gasteiger partial charge in [-0.15, -0.1) is 0 Å². The van der Waals surface area contributed by atoms with Crippen molar-refractivity contribution in [2.75, 3.05) is 13.1 Å². The first-order valence-corrected chi connectivity index (χ1v) is 8.20. The van der Waals surface area contributed by atoms with Crippen molar-refractivity contribution in [2.24, 2.45) is 10.4 Å². The van der Waals surface area contributed by atoms with E-state index in [1.807, 2.05) is 53.4 Å². The maximum absolute atomic E-state index is 11.7. The van der Waals surface area contributed by atoms with Gasteiger partial charge in [0.05, 0.1) is 0 Å². The van der Waals surface area contributed by atoms with E-state index in [1.54, 1.807) is 0 Å². The Bertz CT molecular complexity index is 797. The highest BCUT2D eigenvalue weighted by Gasteiger charge is 2.51. The van der Waals surface area contributed by atoms with E-state index < -0.39 is 5.72 Å². The van der Waals surface area contributed by atoms with Gasteiger partial charge < -0.3 is 10.0 Å². The summed E-state index contributed by atoms with van der Waals surface area (Å²) in [6.45, 7) is 5.88.